The second-order valence-corrected chi connectivity index (χ2v) is 3.80. The monoisotopic (exact) mass is 258 g/mol. The molecule has 1 aliphatic carbocycles. The highest BCUT2D eigenvalue weighted by atomic mass is 79.9. The minimum atomic E-state index is -0.246. The Hall–Kier alpha value is -0.340. The number of ether oxygens (including phenoxy) is 2. The van der Waals surface area contributed by atoms with E-state index in [0.717, 1.165) is 5.57 Å². The van der Waals surface area contributed by atoms with Gasteiger partial charge >= 0.3 is 0 Å². The Morgan fingerprint density at radius 2 is 2.07 bits per heavy atom. The van der Waals surface area contributed by atoms with Gasteiger partial charge in [-0.3, -0.25) is 0 Å². The third-order valence-electron chi connectivity index (χ3n) is 1.84. The zero-order chi connectivity index (χ0) is 10.4. The molecule has 0 N–H and O–H groups in total. The van der Waals surface area contributed by atoms with Gasteiger partial charge in [0.2, 0.25) is 0 Å². The minimum absolute atomic E-state index is 0.163. The van der Waals surface area contributed by atoms with Crippen LogP contribution in [0.3, 0.4) is 0 Å². The predicted molar refractivity (Wildman–Crippen MR) is 60.5 cm³/mol. The van der Waals surface area contributed by atoms with Gasteiger partial charge in [0.25, 0.3) is 0 Å². The van der Waals surface area contributed by atoms with Crippen LogP contribution >= 0.6 is 15.9 Å². The Morgan fingerprint density at radius 1 is 1.43 bits per heavy atom. The lowest BCUT2D eigenvalue weighted by Crippen LogP contribution is -2.24. The van der Waals surface area contributed by atoms with Crippen LogP contribution in [-0.4, -0.2) is 24.3 Å². The highest BCUT2D eigenvalue weighted by Crippen LogP contribution is 2.22. The highest BCUT2D eigenvalue weighted by molar-refractivity contribution is 9.09. The summed E-state index contributed by atoms with van der Waals surface area (Å²) in [4.78, 5) is 0.163. The molecule has 0 aromatic heterocycles. The second-order valence-electron chi connectivity index (χ2n) is 2.81. The van der Waals surface area contributed by atoms with Gasteiger partial charge in [0.05, 0.1) is 4.83 Å². The molecule has 0 aromatic carbocycles. The van der Waals surface area contributed by atoms with Gasteiger partial charge in [0.1, 0.15) is 0 Å². The summed E-state index contributed by atoms with van der Waals surface area (Å²) in [6.07, 6.45) is 5.55. The first-order valence-electron chi connectivity index (χ1n) is 4.79. The van der Waals surface area contributed by atoms with Crippen LogP contribution in [0.4, 0.5) is 0 Å². The molecule has 0 spiro atoms. The van der Waals surface area contributed by atoms with Gasteiger partial charge in [0, 0.05) is 18.8 Å². The Bertz CT molecular complexity index is 258. The molecule has 0 fully saturated rings. The number of hydrogen-bond donors (Lipinski definition) is 0. The first-order valence-corrected chi connectivity index (χ1v) is 5.71. The molecule has 0 radical (unpaired) electrons. The van der Waals surface area contributed by atoms with Crippen molar-refractivity contribution in [1.82, 2.24) is 0 Å². The summed E-state index contributed by atoms with van der Waals surface area (Å²) in [6.45, 7) is 5.22. The third-order valence-corrected chi connectivity index (χ3v) is 2.63. The third kappa shape index (κ3) is 3.10. The summed E-state index contributed by atoms with van der Waals surface area (Å²) in [7, 11) is 0. The van der Waals surface area contributed by atoms with Gasteiger partial charge < -0.3 is 9.47 Å². The van der Waals surface area contributed by atoms with Gasteiger partial charge in [-0.05, 0) is 32.1 Å². The van der Waals surface area contributed by atoms with E-state index in [1.54, 1.807) is 0 Å². The minimum Gasteiger partial charge on any atom is -0.349 e. The lowest BCUT2D eigenvalue weighted by atomic mass is 10.1. The largest absolute Gasteiger partial charge is 0.349 e. The van der Waals surface area contributed by atoms with Crippen LogP contribution in [0.1, 0.15) is 13.8 Å². The molecular weight excluding hydrogens is 244 g/mol. The number of rotatable bonds is 5. The number of halogens is 1. The Morgan fingerprint density at radius 3 is 2.57 bits per heavy atom. The SMILES string of the molecule is CCOC(OCC)C1=CC=C=CC1Br. The average Bonchev–Trinajstić information content (AvgIpc) is 2.18. The molecule has 78 valence electrons. The molecule has 0 heterocycles. The van der Waals surface area contributed by atoms with Crippen molar-refractivity contribution in [2.24, 2.45) is 0 Å². The van der Waals surface area contributed by atoms with Gasteiger partial charge in [-0.2, -0.15) is 0 Å². The van der Waals surface area contributed by atoms with Crippen LogP contribution in [0.5, 0.6) is 0 Å². The molecule has 0 saturated heterocycles. The van der Waals surface area contributed by atoms with Crippen LogP contribution in [0.15, 0.2) is 29.5 Å². The quantitative estimate of drug-likeness (QED) is 0.429. The van der Waals surface area contributed by atoms with E-state index >= 15 is 0 Å². The topological polar surface area (TPSA) is 18.5 Å². The maximum absolute atomic E-state index is 5.50. The summed E-state index contributed by atoms with van der Waals surface area (Å²) >= 11 is 3.53. The Balaban J connectivity index is 2.68. The summed E-state index contributed by atoms with van der Waals surface area (Å²) in [5, 5.41) is 0. The molecule has 14 heavy (non-hydrogen) atoms. The summed E-state index contributed by atoms with van der Waals surface area (Å²) in [5.41, 5.74) is 4.11. The fourth-order valence-electron chi connectivity index (χ4n) is 1.22. The van der Waals surface area contributed by atoms with Crippen molar-refractivity contribution < 1.29 is 9.47 Å². The number of allylic oxidation sites excluding steroid dienone is 2. The maximum atomic E-state index is 5.50. The fraction of sp³-hybridized carbons (Fsp3) is 0.545. The van der Waals surface area contributed by atoms with Gasteiger partial charge in [-0.25, -0.2) is 0 Å². The molecule has 2 nitrogen and oxygen atoms in total. The number of hydrogen-bond acceptors (Lipinski definition) is 2. The van der Waals surface area contributed by atoms with E-state index in [2.05, 4.69) is 21.7 Å². The Kier molecular flexibility index (Phi) is 5.20. The van der Waals surface area contributed by atoms with Crippen molar-refractivity contribution in [2.45, 2.75) is 25.0 Å². The van der Waals surface area contributed by atoms with Gasteiger partial charge in [0.15, 0.2) is 6.29 Å². The molecule has 0 amide bonds. The second kappa shape index (κ2) is 6.20. The summed E-state index contributed by atoms with van der Waals surface area (Å²) < 4.78 is 11.0. The first-order chi connectivity index (χ1) is 6.79. The van der Waals surface area contributed by atoms with Crippen LogP contribution in [0.2, 0.25) is 0 Å². The number of alkyl halides is 1. The molecule has 1 rings (SSSR count). The maximum Gasteiger partial charge on any atom is 0.181 e. The molecule has 1 atom stereocenters. The normalized spacial score (nSPS) is 20.3. The molecule has 0 saturated carbocycles. The zero-order valence-electron chi connectivity index (χ0n) is 8.50. The van der Waals surface area contributed by atoms with E-state index in [1.807, 2.05) is 32.1 Å². The predicted octanol–water partition coefficient (Wildman–Crippen LogP) is 2.80. The van der Waals surface area contributed by atoms with Crippen molar-refractivity contribution in [3.8, 4) is 0 Å². The molecule has 1 aliphatic rings. The molecule has 3 heteroatoms. The van der Waals surface area contributed by atoms with Crippen molar-refractivity contribution in [3.63, 3.8) is 0 Å². The Labute approximate surface area is 93.4 Å². The smallest absolute Gasteiger partial charge is 0.181 e. The van der Waals surface area contributed by atoms with E-state index in [4.69, 9.17) is 9.47 Å². The fourth-order valence-corrected chi connectivity index (χ4v) is 1.75. The van der Waals surface area contributed by atoms with Gasteiger partial charge in [-0.1, -0.05) is 15.9 Å². The van der Waals surface area contributed by atoms with E-state index in [9.17, 15) is 0 Å². The van der Waals surface area contributed by atoms with Crippen LogP contribution < -0.4 is 0 Å². The van der Waals surface area contributed by atoms with Crippen molar-refractivity contribution in [1.29, 1.82) is 0 Å². The molecule has 0 bridgehead atoms. The molecular formula is C11H15BrO2. The average molecular weight is 259 g/mol. The van der Waals surface area contributed by atoms with Crippen molar-refractivity contribution in [3.05, 3.63) is 29.5 Å². The molecule has 0 aromatic rings. The van der Waals surface area contributed by atoms with Crippen LogP contribution in [0, 0.1) is 0 Å². The van der Waals surface area contributed by atoms with Gasteiger partial charge in [-0.15, -0.1) is 5.73 Å². The highest BCUT2D eigenvalue weighted by Gasteiger charge is 2.20. The summed E-state index contributed by atoms with van der Waals surface area (Å²) in [6, 6.07) is 0. The van der Waals surface area contributed by atoms with E-state index in [-0.39, 0.29) is 11.1 Å². The lowest BCUT2D eigenvalue weighted by Gasteiger charge is -2.22. The standard InChI is InChI=1S/C11H15BrO2/c1-3-13-11(14-4-2)9-7-5-6-8-10(9)12/h5,7-8,10-11H,3-4H2,1-2H3. The zero-order valence-corrected chi connectivity index (χ0v) is 10.1. The van der Waals surface area contributed by atoms with Crippen LogP contribution in [0.25, 0.3) is 0 Å². The van der Waals surface area contributed by atoms with Crippen molar-refractivity contribution >= 4 is 15.9 Å². The first kappa shape index (κ1) is 11.7. The summed E-state index contributed by atoms with van der Waals surface area (Å²) in [5.74, 6) is 0. The lowest BCUT2D eigenvalue weighted by molar-refractivity contribution is -0.111. The molecule has 1 unspecified atom stereocenters. The van der Waals surface area contributed by atoms with E-state index in [0.29, 0.717) is 13.2 Å². The van der Waals surface area contributed by atoms with E-state index < -0.39 is 0 Å². The van der Waals surface area contributed by atoms with E-state index in [1.165, 1.54) is 0 Å². The molecule has 0 aliphatic heterocycles. The van der Waals surface area contributed by atoms with Crippen molar-refractivity contribution in [2.75, 3.05) is 13.2 Å². The van der Waals surface area contributed by atoms with Crippen LogP contribution in [-0.2, 0) is 9.47 Å².